The van der Waals surface area contributed by atoms with Gasteiger partial charge in [0, 0.05) is 32.0 Å². The molecule has 2 aliphatic heterocycles. The van der Waals surface area contributed by atoms with Crippen molar-refractivity contribution < 1.29 is 0 Å². The molecule has 2 heteroatoms. The molecule has 0 saturated carbocycles. The topological polar surface area (TPSA) is 6.48 Å². The highest BCUT2D eigenvalue weighted by molar-refractivity contribution is 5.49. The number of nitrogens with zero attached hydrogens (tertiary/aromatic N) is 2. The summed E-state index contributed by atoms with van der Waals surface area (Å²) in [7, 11) is 2.08. The van der Waals surface area contributed by atoms with Crippen molar-refractivity contribution in [1.29, 1.82) is 0 Å². The summed E-state index contributed by atoms with van der Waals surface area (Å²) in [6, 6.07) is 0. The van der Waals surface area contributed by atoms with E-state index in [9.17, 15) is 0 Å². The Bertz CT molecular complexity index is 410. The van der Waals surface area contributed by atoms with E-state index in [0.717, 1.165) is 18.8 Å². The van der Waals surface area contributed by atoms with Crippen molar-refractivity contribution in [2.75, 3.05) is 20.1 Å². The molecule has 0 radical (unpaired) electrons. The summed E-state index contributed by atoms with van der Waals surface area (Å²) in [5.74, 6) is 0. The highest BCUT2D eigenvalue weighted by Crippen LogP contribution is 2.20. The highest BCUT2D eigenvalue weighted by Gasteiger charge is 2.09. The van der Waals surface area contributed by atoms with Crippen LogP contribution in [0, 0.1) is 0 Å². The van der Waals surface area contributed by atoms with E-state index in [1.165, 1.54) is 11.1 Å². The van der Waals surface area contributed by atoms with Gasteiger partial charge in [0.15, 0.2) is 0 Å². The van der Waals surface area contributed by atoms with Crippen molar-refractivity contribution in [3.05, 3.63) is 60.1 Å². The Morgan fingerprint density at radius 2 is 1.75 bits per heavy atom. The second-order valence-electron chi connectivity index (χ2n) is 4.28. The second-order valence-corrected chi connectivity index (χ2v) is 4.28. The molecule has 0 aliphatic carbocycles. The first-order valence-corrected chi connectivity index (χ1v) is 5.56. The van der Waals surface area contributed by atoms with E-state index in [-0.39, 0.29) is 0 Å². The minimum absolute atomic E-state index is 0.919. The molecule has 0 aromatic carbocycles. The van der Waals surface area contributed by atoms with Crippen LogP contribution in [0.1, 0.15) is 6.92 Å². The van der Waals surface area contributed by atoms with Crippen molar-refractivity contribution in [1.82, 2.24) is 9.80 Å². The SMILES string of the molecule is C=C(C)N1C=CC(C2=CCN(C)C=C2)=CC1. The molecule has 0 bridgehead atoms. The molecule has 0 spiro atoms. The number of rotatable bonds is 2. The zero-order valence-electron chi connectivity index (χ0n) is 9.98. The fraction of sp³-hybridized carbons (Fsp3) is 0.286. The van der Waals surface area contributed by atoms with Crippen molar-refractivity contribution in [3.8, 4) is 0 Å². The van der Waals surface area contributed by atoms with Crippen LogP contribution in [0.15, 0.2) is 60.1 Å². The van der Waals surface area contributed by atoms with E-state index in [0.29, 0.717) is 0 Å². The lowest BCUT2D eigenvalue weighted by Crippen LogP contribution is -2.18. The molecule has 2 rings (SSSR count). The third-order valence-corrected chi connectivity index (χ3v) is 2.87. The predicted octanol–water partition coefficient (Wildman–Crippen LogP) is 2.66. The zero-order valence-corrected chi connectivity index (χ0v) is 9.98. The molecule has 0 N–H and O–H groups in total. The van der Waals surface area contributed by atoms with Crippen LogP contribution < -0.4 is 0 Å². The first-order valence-electron chi connectivity index (χ1n) is 5.56. The van der Waals surface area contributed by atoms with Gasteiger partial charge in [-0.1, -0.05) is 18.7 Å². The van der Waals surface area contributed by atoms with Crippen LogP contribution in [-0.2, 0) is 0 Å². The molecule has 0 aromatic heterocycles. The Balaban J connectivity index is 2.07. The summed E-state index contributed by atoms with van der Waals surface area (Å²) in [4.78, 5) is 4.31. The van der Waals surface area contributed by atoms with Crippen LogP contribution in [0.4, 0.5) is 0 Å². The molecule has 16 heavy (non-hydrogen) atoms. The van der Waals surface area contributed by atoms with Gasteiger partial charge in [0.1, 0.15) is 0 Å². The number of allylic oxidation sites excluding steroid dienone is 5. The summed E-state index contributed by atoms with van der Waals surface area (Å²) in [5.41, 5.74) is 3.71. The first-order chi connectivity index (χ1) is 7.66. The van der Waals surface area contributed by atoms with Gasteiger partial charge in [-0.05, 0) is 36.4 Å². The van der Waals surface area contributed by atoms with Crippen LogP contribution in [0.3, 0.4) is 0 Å². The van der Waals surface area contributed by atoms with E-state index >= 15 is 0 Å². The standard InChI is InChI=1S/C14H18N2/c1-12(2)16-10-6-14(7-11-16)13-4-8-15(3)9-5-13/h4-8,10H,1,9,11H2,2-3H3. The van der Waals surface area contributed by atoms with E-state index in [4.69, 9.17) is 0 Å². The van der Waals surface area contributed by atoms with Gasteiger partial charge in [-0.2, -0.15) is 0 Å². The predicted molar refractivity (Wildman–Crippen MR) is 68.6 cm³/mol. The maximum atomic E-state index is 3.94. The normalized spacial score (nSPS) is 19.6. The van der Waals surface area contributed by atoms with Gasteiger partial charge in [-0.15, -0.1) is 0 Å². The smallest absolute Gasteiger partial charge is 0.0411 e. The highest BCUT2D eigenvalue weighted by atomic mass is 15.1. The zero-order chi connectivity index (χ0) is 11.5. The third-order valence-electron chi connectivity index (χ3n) is 2.87. The molecular weight excluding hydrogens is 196 g/mol. The molecular formula is C14H18N2. The number of hydrogen-bond acceptors (Lipinski definition) is 2. The lowest BCUT2D eigenvalue weighted by molar-refractivity contribution is 0.501. The minimum Gasteiger partial charge on any atom is -0.377 e. The second kappa shape index (κ2) is 4.44. The Hall–Kier alpha value is -1.70. The molecule has 0 unspecified atom stereocenters. The minimum atomic E-state index is 0.919. The van der Waals surface area contributed by atoms with Crippen LogP contribution in [0.25, 0.3) is 0 Å². The molecule has 84 valence electrons. The molecule has 2 nitrogen and oxygen atoms in total. The van der Waals surface area contributed by atoms with Crippen LogP contribution >= 0.6 is 0 Å². The summed E-state index contributed by atoms with van der Waals surface area (Å²) >= 11 is 0. The Morgan fingerprint density at radius 3 is 2.19 bits per heavy atom. The van der Waals surface area contributed by atoms with Crippen molar-refractivity contribution >= 4 is 0 Å². The van der Waals surface area contributed by atoms with Gasteiger partial charge in [0.25, 0.3) is 0 Å². The van der Waals surface area contributed by atoms with Gasteiger partial charge < -0.3 is 9.80 Å². The van der Waals surface area contributed by atoms with Crippen LogP contribution in [0.2, 0.25) is 0 Å². The van der Waals surface area contributed by atoms with Crippen molar-refractivity contribution in [3.63, 3.8) is 0 Å². The average Bonchev–Trinajstić information content (AvgIpc) is 2.30. The Kier molecular flexibility index (Phi) is 3.00. The van der Waals surface area contributed by atoms with E-state index in [1.807, 2.05) is 6.92 Å². The largest absolute Gasteiger partial charge is 0.377 e. The maximum Gasteiger partial charge on any atom is 0.0411 e. The molecule has 0 amide bonds. The fourth-order valence-corrected chi connectivity index (χ4v) is 1.79. The molecule has 0 fully saturated rings. The fourth-order valence-electron chi connectivity index (χ4n) is 1.79. The number of hydrogen-bond donors (Lipinski definition) is 0. The Morgan fingerprint density at radius 1 is 1.12 bits per heavy atom. The summed E-state index contributed by atoms with van der Waals surface area (Å²) < 4.78 is 0. The van der Waals surface area contributed by atoms with Gasteiger partial charge in [0.05, 0.1) is 0 Å². The molecule has 0 aromatic rings. The monoisotopic (exact) mass is 214 g/mol. The van der Waals surface area contributed by atoms with Crippen molar-refractivity contribution in [2.45, 2.75) is 6.92 Å². The van der Waals surface area contributed by atoms with E-state index in [1.54, 1.807) is 0 Å². The maximum absolute atomic E-state index is 3.94. The van der Waals surface area contributed by atoms with Gasteiger partial charge in [-0.3, -0.25) is 0 Å². The summed E-state index contributed by atoms with van der Waals surface area (Å²) in [6.07, 6.45) is 13.0. The van der Waals surface area contributed by atoms with Gasteiger partial charge in [-0.25, -0.2) is 0 Å². The quantitative estimate of drug-likeness (QED) is 0.697. The lowest BCUT2D eigenvalue weighted by Gasteiger charge is -2.24. The van der Waals surface area contributed by atoms with E-state index < -0.39 is 0 Å². The summed E-state index contributed by atoms with van der Waals surface area (Å²) in [5, 5.41) is 0. The molecule has 0 atom stereocenters. The summed E-state index contributed by atoms with van der Waals surface area (Å²) in [6.45, 7) is 7.87. The van der Waals surface area contributed by atoms with E-state index in [2.05, 4.69) is 60.1 Å². The molecule has 0 saturated heterocycles. The Labute approximate surface area is 97.5 Å². The van der Waals surface area contributed by atoms with Gasteiger partial charge >= 0.3 is 0 Å². The molecule has 2 heterocycles. The third kappa shape index (κ3) is 2.27. The number of likely N-dealkylation sites (N-methyl/N-ethyl adjacent to an activating group) is 1. The van der Waals surface area contributed by atoms with Crippen molar-refractivity contribution in [2.24, 2.45) is 0 Å². The lowest BCUT2D eigenvalue weighted by atomic mass is 10.0. The van der Waals surface area contributed by atoms with Gasteiger partial charge in [0.2, 0.25) is 0 Å². The first kappa shape index (κ1) is 10.8. The van der Waals surface area contributed by atoms with Crippen LogP contribution in [-0.4, -0.2) is 29.9 Å². The molecule has 2 aliphatic rings. The average molecular weight is 214 g/mol. The van der Waals surface area contributed by atoms with Crippen LogP contribution in [0.5, 0.6) is 0 Å².